The van der Waals surface area contributed by atoms with E-state index in [0.29, 0.717) is 5.56 Å². The van der Waals surface area contributed by atoms with Crippen LogP contribution in [-0.2, 0) is 0 Å². The van der Waals surface area contributed by atoms with Gasteiger partial charge in [0.2, 0.25) is 0 Å². The first-order valence-corrected chi connectivity index (χ1v) is 5.62. The van der Waals surface area contributed by atoms with E-state index in [4.69, 9.17) is 5.11 Å². The minimum Gasteiger partial charge on any atom is -0.478 e. The highest BCUT2D eigenvalue weighted by molar-refractivity contribution is 9.11. The van der Waals surface area contributed by atoms with E-state index in [0.717, 1.165) is 19.4 Å². The minimum atomic E-state index is -0.871. The molecule has 1 aromatic heterocycles. The van der Waals surface area contributed by atoms with Gasteiger partial charge in [-0.25, -0.2) is 4.79 Å². The number of benzene rings is 1. The topological polar surface area (TPSA) is 37.3 Å². The van der Waals surface area contributed by atoms with Gasteiger partial charge in [0.05, 0.1) is 14.0 Å². The average Bonchev–Trinajstić information content (AvgIpc) is 2.47. The predicted octanol–water partition coefficient (Wildman–Crippen LogP) is 3.67. The quantitative estimate of drug-likeness (QED) is 0.859. The van der Waals surface area contributed by atoms with Gasteiger partial charge in [-0.2, -0.15) is 0 Å². The van der Waals surface area contributed by atoms with Crippen molar-refractivity contribution in [2.24, 2.45) is 0 Å². The number of carbonyl (C=O) groups is 1. The lowest BCUT2D eigenvalue weighted by molar-refractivity contribution is 0.0699. The summed E-state index contributed by atoms with van der Waals surface area (Å²) in [6.07, 6.45) is 0. The Kier molecular flexibility index (Phi) is 2.33. The Morgan fingerprint density at radius 3 is 2.86 bits per heavy atom. The van der Waals surface area contributed by atoms with E-state index in [-0.39, 0.29) is 0 Å². The summed E-state index contributed by atoms with van der Waals surface area (Å²) in [6, 6.07) is 5.45. The van der Waals surface area contributed by atoms with Crippen molar-refractivity contribution in [2.45, 2.75) is 6.92 Å². The number of hydrogen-bond acceptors (Lipinski definition) is 2. The highest BCUT2D eigenvalue weighted by atomic mass is 79.9. The average molecular weight is 271 g/mol. The molecule has 0 radical (unpaired) electrons. The van der Waals surface area contributed by atoms with Crippen molar-refractivity contribution in [3.8, 4) is 0 Å². The molecule has 0 amide bonds. The summed E-state index contributed by atoms with van der Waals surface area (Å²) in [5.74, 6) is -0.871. The van der Waals surface area contributed by atoms with Crippen molar-refractivity contribution in [1.29, 1.82) is 0 Å². The van der Waals surface area contributed by atoms with E-state index in [1.807, 2.05) is 19.1 Å². The van der Waals surface area contributed by atoms with Gasteiger partial charge in [-0.3, -0.25) is 0 Å². The maximum atomic E-state index is 10.9. The van der Waals surface area contributed by atoms with Gasteiger partial charge in [0.15, 0.2) is 0 Å². The summed E-state index contributed by atoms with van der Waals surface area (Å²) in [5.41, 5.74) is 1.48. The molecule has 0 aliphatic heterocycles. The minimum absolute atomic E-state index is 0.376. The third-order valence-electron chi connectivity index (χ3n) is 2.10. The molecule has 2 nitrogen and oxygen atoms in total. The zero-order valence-corrected chi connectivity index (χ0v) is 9.78. The molecule has 72 valence electrons. The van der Waals surface area contributed by atoms with E-state index in [2.05, 4.69) is 15.9 Å². The van der Waals surface area contributed by atoms with Crippen LogP contribution in [0.3, 0.4) is 0 Å². The van der Waals surface area contributed by atoms with E-state index >= 15 is 0 Å². The standard InChI is InChI=1S/C10H7BrO2S/c1-5-2-3-6(10(12)13)9-7(5)4-8(11)14-9/h2-4H,1H3,(H,12,13). The molecule has 0 bridgehead atoms. The molecule has 14 heavy (non-hydrogen) atoms. The second-order valence-electron chi connectivity index (χ2n) is 3.03. The normalized spacial score (nSPS) is 10.7. The smallest absolute Gasteiger partial charge is 0.337 e. The molecule has 0 unspecified atom stereocenters. The third kappa shape index (κ3) is 1.44. The molecule has 4 heteroatoms. The van der Waals surface area contributed by atoms with Crippen molar-refractivity contribution in [1.82, 2.24) is 0 Å². The molecule has 0 saturated heterocycles. The molecule has 0 atom stereocenters. The Balaban J connectivity index is 2.87. The molecule has 2 aromatic rings. The molecule has 1 aromatic carbocycles. The van der Waals surface area contributed by atoms with Crippen LogP contribution in [-0.4, -0.2) is 11.1 Å². The van der Waals surface area contributed by atoms with Crippen LogP contribution in [0.1, 0.15) is 15.9 Å². The summed E-state index contributed by atoms with van der Waals surface area (Å²) < 4.78 is 1.80. The maximum Gasteiger partial charge on any atom is 0.337 e. The van der Waals surface area contributed by atoms with Crippen LogP contribution in [0.2, 0.25) is 0 Å². The van der Waals surface area contributed by atoms with Gasteiger partial charge >= 0.3 is 5.97 Å². The molecule has 0 spiro atoms. The fraction of sp³-hybridized carbons (Fsp3) is 0.100. The number of aryl methyl sites for hydroxylation is 1. The molecule has 0 aliphatic carbocycles. The van der Waals surface area contributed by atoms with Crippen molar-refractivity contribution in [3.05, 3.63) is 33.1 Å². The lowest BCUT2D eigenvalue weighted by Crippen LogP contribution is -1.95. The first-order valence-electron chi connectivity index (χ1n) is 4.01. The lowest BCUT2D eigenvalue weighted by atomic mass is 10.1. The fourth-order valence-electron chi connectivity index (χ4n) is 1.40. The van der Waals surface area contributed by atoms with Crippen LogP contribution in [0.5, 0.6) is 0 Å². The Morgan fingerprint density at radius 2 is 2.21 bits per heavy atom. The molecule has 1 heterocycles. The number of carboxylic acids is 1. The fourth-order valence-corrected chi connectivity index (χ4v) is 3.08. The van der Waals surface area contributed by atoms with Crippen molar-refractivity contribution in [3.63, 3.8) is 0 Å². The van der Waals surface area contributed by atoms with E-state index in [9.17, 15) is 4.79 Å². The van der Waals surface area contributed by atoms with Crippen LogP contribution in [0.4, 0.5) is 0 Å². The van der Waals surface area contributed by atoms with Gasteiger partial charge in [0.1, 0.15) is 0 Å². The first-order chi connectivity index (χ1) is 6.59. The predicted molar refractivity (Wildman–Crippen MR) is 61.2 cm³/mol. The maximum absolute atomic E-state index is 10.9. The Bertz CT molecular complexity index is 516. The van der Waals surface area contributed by atoms with Gasteiger partial charge < -0.3 is 5.11 Å². The van der Waals surface area contributed by atoms with Crippen molar-refractivity contribution >= 4 is 43.3 Å². The van der Waals surface area contributed by atoms with Crippen LogP contribution >= 0.6 is 27.3 Å². The van der Waals surface area contributed by atoms with E-state index in [1.54, 1.807) is 6.07 Å². The molecule has 2 rings (SSSR count). The Labute approximate surface area is 93.3 Å². The van der Waals surface area contributed by atoms with Gasteiger partial charge in [-0.1, -0.05) is 6.07 Å². The highest BCUT2D eigenvalue weighted by Gasteiger charge is 2.12. The van der Waals surface area contributed by atoms with E-state index in [1.165, 1.54) is 11.3 Å². The molecular weight excluding hydrogens is 264 g/mol. The number of carboxylic acid groups (broad SMARTS) is 1. The van der Waals surface area contributed by atoms with Crippen LogP contribution in [0, 0.1) is 6.92 Å². The largest absolute Gasteiger partial charge is 0.478 e. The summed E-state index contributed by atoms with van der Waals surface area (Å²) in [4.78, 5) is 10.9. The van der Waals surface area contributed by atoms with Gasteiger partial charge in [-0.15, -0.1) is 11.3 Å². The number of hydrogen-bond donors (Lipinski definition) is 1. The van der Waals surface area contributed by atoms with Gasteiger partial charge in [-0.05, 0) is 45.9 Å². The zero-order valence-electron chi connectivity index (χ0n) is 7.37. The molecule has 0 fully saturated rings. The summed E-state index contributed by atoms with van der Waals surface area (Å²) in [5, 5.41) is 9.99. The van der Waals surface area contributed by atoms with Gasteiger partial charge in [0, 0.05) is 0 Å². The monoisotopic (exact) mass is 270 g/mol. The summed E-state index contributed by atoms with van der Waals surface area (Å²) in [6.45, 7) is 1.98. The second-order valence-corrected chi connectivity index (χ2v) is 5.46. The number of aromatic carboxylic acids is 1. The molecule has 1 N–H and O–H groups in total. The Hall–Kier alpha value is -0.870. The number of rotatable bonds is 1. The second kappa shape index (κ2) is 3.37. The van der Waals surface area contributed by atoms with Crippen molar-refractivity contribution in [2.75, 3.05) is 0 Å². The lowest BCUT2D eigenvalue weighted by Gasteiger charge is -1.99. The van der Waals surface area contributed by atoms with Crippen LogP contribution in [0.15, 0.2) is 22.0 Å². The number of halogens is 1. The molecular formula is C10H7BrO2S. The van der Waals surface area contributed by atoms with Crippen LogP contribution < -0.4 is 0 Å². The van der Waals surface area contributed by atoms with Crippen LogP contribution in [0.25, 0.3) is 10.1 Å². The third-order valence-corrected chi connectivity index (χ3v) is 3.77. The number of thiophene rings is 1. The first kappa shape index (κ1) is 9.68. The highest BCUT2D eigenvalue weighted by Crippen LogP contribution is 2.34. The SMILES string of the molecule is Cc1ccc(C(=O)O)c2sc(Br)cc12. The Morgan fingerprint density at radius 1 is 1.50 bits per heavy atom. The summed E-state index contributed by atoms with van der Waals surface area (Å²) in [7, 11) is 0. The molecule has 0 saturated carbocycles. The summed E-state index contributed by atoms with van der Waals surface area (Å²) >= 11 is 4.82. The zero-order chi connectivity index (χ0) is 10.3. The van der Waals surface area contributed by atoms with E-state index < -0.39 is 5.97 Å². The van der Waals surface area contributed by atoms with Gasteiger partial charge in [0.25, 0.3) is 0 Å². The molecule has 0 aliphatic rings. The van der Waals surface area contributed by atoms with Crippen molar-refractivity contribution < 1.29 is 9.90 Å². The number of fused-ring (bicyclic) bond motifs is 1.